The first-order valence-electron chi connectivity index (χ1n) is 3.83. The van der Waals surface area contributed by atoms with Gasteiger partial charge >= 0.3 is 0 Å². The van der Waals surface area contributed by atoms with Crippen molar-refractivity contribution in [2.24, 2.45) is 0 Å². The zero-order valence-electron chi connectivity index (χ0n) is 7.59. The molecule has 0 aromatic heterocycles. The molecule has 0 aromatic rings. The van der Waals surface area contributed by atoms with Crippen LogP contribution in [-0.2, 0) is 4.79 Å². The lowest BCUT2D eigenvalue weighted by Gasteiger charge is -2.05. The van der Waals surface area contributed by atoms with E-state index in [1.807, 2.05) is 14.1 Å². The zero-order valence-corrected chi connectivity index (χ0v) is 7.59. The fourth-order valence-corrected chi connectivity index (χ4v) is 1.21. The fourth-order valence-electron chi connectivity index (χ4n) is 1.21. The van der Waals surface area contributed by atoms with Crippen molar-refractivity contribution in [1.29, 1.82) is 0 Å². The maximum Gasteiger partial charge on any atom is 0.225 e. The first-order chi connectivity index (χ1) is 5.52. The Morgan fingerprint density at radius 3 is 2.42 bits per heavy atom. The minimum absolute atomic E-state index is 0.0805. The Morgan fingerprint density at radius 2 is 2.08 bits per heavy atom. The first-order valence-corrected chi connectivity index (χ1v) is 3.83. The van der Waals surface area contributed by atoms with Gasteiger partial charge in [0.15, 0.2) is 5.76 Å². The third-order valence-corrected chi connectivity index (χ3v) is 1.78. The summed E-state index contributed by atoms with van der Waals surface area (Å²) in [6, 6.07) is 0. The van der Waals surface area contributed by atoms with Gasteiger partial charge in [0.2, 0.25) is 5.78 Å². The molecule has 0 heterocycles. The van der Waals surface area contributed by atoms with Gasteiger partial charge in [0, 0.05) is 32.3 Å². The lowest BCUT2D eigenvalue weighted by molar-refractivity contribution is -0.114. The van der Waals surface area contributed by atoms with Gasteiger partial charge in [-0.3, -0.25) is 4.79 Å². The molecule has 0 aliphatic heterocycles. The summed E-state index contributed by atoms with van der Waals surface area (Å²) in [5, 5.41) is 9.22. The molecule has 0 atom stereocenters. The standard InChI is InChI=1S/C9H13NO2/c1-6-4-7(5-10(2)3)9(12)8(6)11/h5,11H,4H2,1-3H3/b7-5-. The molecule has 66 valence electrons. The molecule has 0 bridgehead atoms. The highest BCUT2D eigenvalue weighted by molar-refractivity contribution is 6.09. The lowest BCUT2D eigenvalue weighted by Crippen LogP contribution is -2.06. The number of Topliss-reactive ketones (excluding diaryl/α,β-unsaturated/α-hetero) is 1. The molecule has 0 fully saturated rings. The van der Waals surface area contributed by atoms with E-state index in [0.29, 0.717) is 12.0 Å². The van der Waals surface area contributed by atoms with Crippen LogP contribution in [0.1, 0.15) is 13.3 Å². The molecule has 0 saturated carbocycles. The van der Waals surface area contributed by atoms with E-state index in [1.165, 1.54) is 0 Å². The minimum Gasteiger partial charge on any atom is -0.504 e. The van der Waals surface area contributed by atoms with Gasteiger partial charge in [0.05, 0.1) is 0 Å². The Balaban J connectivity index is 2.87. The van der Waals surface area contributed by atoms with Crippen LogP contribution in [0.25, 0.3) is 0 Å². The number of hydrogen-bond donors (Lipinski definition) is 1. The second kappa shape index (κ2) is 3.01. The predicted molar refractivity (Wildman–Crippen MR) is 46.7 cm³/mol. The molecular formula is C9H13NO2. The maximum absolute atomic E-state index is 11.2. The van der Waals surface area contributed by atoms with Crippen molar-refractivity contribution >= 4 is 5.78 Å². The molecule has 1 aliphatic carbocycles. The molecular weight excluding hydrogens is 154 g/mol. The zero-order chi connectivity index (χ0) is 9.30. The molecule has 0 unspecified atom stereocenters. The summed E-state index contributed by atoms with van der Waals surface area (Å²) in [5.74, 6) is -0.315. The van der Waals surface area contributed by atoms with Crippen LogP contribution in [0.3, 0.4) is 0 Å². The van der Waals surface area contributed by atoms with Crippen LogP contribution in [0, 0.1) is 0 Å². The van der Waals surface area contributed by atoms with Crippen LogP contribution in [0.4, 0.5) is 0 Å². The third kappa shape index (κ3) is 1.49. The van der Waals surface area contributed by atoms with Crippen molar-refractivity contribution in [3.05, 3.63) is 23.1 Å². The Labute approximate surface area is 72.0 Å². The maximum atomic E-state index is 11.2. The number of allylic oxidation sites excluding steroid dienone is 2. The van der Waals surface area contributed by atoms with Crippen molar-refractivity contribution in [3.63, 3.8) is 0 Å². The molecule has 0 spiro atoms. The summed E-state index contributed by atoms with van der Waals surface area (Å²) in [6.07, 6.45) is 2.32. The monoisotopic (exact) mass is 167 g/mol. The van der Waals surface area contributed by atoms with E-state index in [-0.39, 0.29) is 11.5 Å². The number of aliphatic hydroxyl groups is 1. The van der Waals surface area contributed by atoms with Gasteiger partial charge in [-0.05, 0) is 12.5 Å². The van der Waals surface area contributed by atoms with E-state index >= 15 is 0 Å². The van der Waals surface area contributed by atoms with Gasteiger partial charge in [-0.15, -0.1) is 0 Å². The smallest absolute Gasteiger partial charge is 0.225 e. The van der Waals surface area contributed by atoms with E-state index in [9.17, 15) is 9.90 Å². The van der Waals surface area contributed by atoms with Crippen molar-refractivity contribution in [3.8, 4) is 0 Å². The topological polar surface area (TPSA) is 40.5 Å². The number of hydrogen-bond acceptors (Lipinski definition) is 3. The molecule has 1 aliphatic rings. The first kappa shape index (κ1) is 8.84. The van der Waals surface area contributed by atoms with Crippen molar-refractivity contribution < 1.29 is 9.90 Å². The van der Waals surface area contributed by atoms with Crippen LogP contribution >= 0.6 is 0 Å². The minimum atomic E-state index is -0.235. The van der Waals surface area contributed by atoms with E-state index in [2.05, 4.69) is 0 Å². The highest BCUT2D eigenvalue weighted by Gasteiger charge is 2.24. The molecule has 3 heteroatoms. The van der Waals surface area contributed by atoms with E-state index in [1.54, 1.807) is 18.0 Å². The number of carbonyl (C=O) groups excluding carboxylic acids is 1. The molecule has 0 aromatic carbocycles. The summed E-state index contributed by atoms with van der Waals surface area (Å²) >= 11 is 0. The van der Waals surface area contributed by atoms with Gasteiger partial charge in [-0.25, -0.2) is 0 Å². The summed E-state index contributed by atoms with van der Waals surface area (Å²) in [4.78, 5) is 13.1. The SMILES string of the molecule is CC1=C(O)C(=O)/C(=C\N(C)C)C1. The van der Waals surface area contributed by atoms with E-state index in [0.717, 1.165) is 5.57 Å². The molecule has 1 rings (SSSR count). The van der Waals surface area contributed by atoms with Crippen LogP contribution in [0.15, 0.2) is 23.1 Å². The van der Waals surface area contributed by atoms with Crippen LogP contribution < -0.4 is 0 Å². The molecule has 3 nitrogen and oxygen atoms in total. The van der Waals surface area contributed by atoms with Crippen molar-refractivity contribution in [2.45, 2.75) is 13.3 Å². The number of ketones is 1. The highest BCUT2D eigenvalue weighted by atomic mass is 16.3. The summed E-state index contributed by atoms with van der Waals surface area (Å²) < 4.78 is 0. The van der Waals surface area contributed by atoms with E-state index < -0.39 is 0 Å². The predicted octanol–water partition coefficient (Wildman–Crippen LogP) is 1.24. The number of nitrogens with zero attached hydrogens (tertiary/aromatic N) is 1. The Morgan fingerprint density at radius 1 is 1.50 bits per heavy atom. The van der Waals surface area contributed by atoms with Gasteiger partial charge in [0.25, 0.3) is 0 Å². The van der Waals surface area contributed by atoms with Crippen LogP contribution in [-0.4, -0.2) is 29.9 Å². The van der Waals surface area contributed by atoms with Gasteiger partial charge in [0.1, 0.15) is 0 Å². The summed E-state index contributed by atoms with van der Waals surface area (Å²) in [5.41, 5.74) is 1.42. The Kier molecular flexibility index (Phi) is 2.22. The highest BCUT2D eigenvalue weighted by Crippen LogP contribution is 2.25. The van der Waals surface area contributed by atoms with Crippen molar-refractivity contribution in [2.75, 3.05) is 14.1 Å². The molecule has 1 N–H and O–H groups in total. The largest absolute Gasteiger partial charge is 0.504 e. The van der Waals surface area contributed by atoms with E-state index in [4.69, 9.17) is 0 Å². The number of rotatable bonds is 1. The normalized spacial score (nSPS) is 20.9. The molecule has 12 heavy (non-hydrogen) atoms. The molecule has 0 radical (unpaired) electrons. The molecule has 0 amide bonds. The van der Waals surface area contributed by atoms with Crippen molar-refractivity contribution in [1.82, 2.24) is 4.90 Å². The van der Waals surface area contributed by atoms with Crippen LogP contribution in [0.2, 0.25) is 0 Å². The summed E-state index contributed by atoms with van der Waals surface area (Å²) in [7, 11) is 3.70. The van der Waals surface area contributed by atoms with Crippen LogP contribution in [0.5, 0.6) is 0 Å². The number of carbonyl (C=O) groups is 1. The third-order valence-electron chi connectivity index (χ3n) is 1.78. The number of aliphatic hydroxyl groups excluding tert-OH is 1. The second-order valence-electron chi connectivity index (χ2n) is 3.25. The average molecular weight is 167 g/mol. The summed E-state index contributed by atoms with van der Waals surface area (Å²) in [6.45, 7) is 1.77. The Hall–Kier alpha value is -1.25. The fraction of sp³-hybridized carbons (Fsp3) is 0.444. The second-order valence-corrected chi connectivity index (χ2v) is 3.25. The quantitative estimate of drug-likeness (QED) is 0.597. The average Bonchev–Trinajstić information content (AvgIpc) is 2.17. The molecule has 0 saturated heterocycles. The van der Waals surface area contributed by atoms with Gasteiger partial charge < -0.3 is 10.0 Å². The lowest BCUT2D eigenvalue weighted by atomic mass is 10.2. The van der Waals surface area contributed by atoms with Gasteiger partial charge in [-0.2, -0.15) is 0 Å². The van der Waals surface area contributed by atoms with Gasteiger partial charge in [-0.1, -0.05) is 0 Å². The Bertz CT molecular complexity index is 274.